The zero-order valence-corrected chi connectivity index (χ0v) is 16.2. The molecule has 0 aliphatic carbocycles. The molecular weight excluding hydrogens is 334 g/mol. The Morgan fingerprint density at radius 3 is 2.73 bits per heavy atom. The summed E-state index contributed by atoms with van der Waals surface area (Å²) in [5.41, 5.74) is 0.788. The van der Waals surface area contributed by atoms with E-state index in [-0.39, 0.29) is 24.5 Å². The number of carbonyl (C=O) groups is 2. The fourth-order valence-corrected chi connectivity index (χ4v) is 3.12. The number of carbonyl (C=O) groups excluding carboxylic acids is 1. The number of amides is 1. The summed E-state index contributed by atoms with van der Waals surface area (Å²) >= 11 is 0. The van der Waals surface area contributed by atoms with Crippen molar-refractivity contribution in [1.29, 1.82) is 0 Å². The summed E-state index contributed by atoms with van der Waals surface area (Å²) in [5, 5.41) is 12.6. The van der Waals surface area contributed by atoms with Crippen LogP contribution in [0.3, 0.4) is 0 Å². The van der Waals surface area contributed by atoms with Crippen LogP contribution in [0.5, 0.6) is 0 Å². The van der Waals surface area contributed by atoms with Crippen molar-refractivity contribution < 1.29 is 19.4 Å². The Bertz CT molecular complexity index is 660. The third-order valence-corrected chi connectivity index (χ3v) is 4.75. The molecule has 2 rings (SSSR count). The summed E-state index contributed by atoms with van der Waals surface area (Å²) in [6.45, 7) is 10.8. The number of morpholine rings is 1. The molecule has 1 fully saturated rings. The molecule has 0 spiro atoms. The lowest BCUT2D eigenvalue weighted by molar-refractivity contribution is -0.163. The Balaban J connectivity index is 2.14. The molecule has 1 aliphatic heterocycles. The van der Waals surface area contributed by atoms with E-state index in [4.69, 9.17) is 4.74 Å². The van der Waals surface area contributed by atoms with Crippen LogP contribution in [0.1, 0.15) is 43.7 Å². The van der Waals surface area contributed by atoms with Crippen molar-refractivity contribution in [1.82, 2.24) is 15.2 Å². The van der Waals surface area contributed by atoms with Crippen LogP contribution in [0.15, 0.2) is 18.3 Å². The third kappa shape index (κ3) is 5.02. The fourth-order valence-electron chi connectivity index (χ4n) is 3.12. The Kier molecular flexibility index (Phi) is 6.36. The number of hydrogen-bond acceptors (Lipinski definition) is 5. The van der Waals surface area contributed by atoms with Crippen LogP contribution in [-0.2, 0) is 9.53 Å². The van der Waals surface area contributed by atoms with Crippen LogP contribution >= 0.6 is 0 Å². The molecule has 2 unspecified atom stereocenters. The zero-order chi connectivity index (χ0) is 19.5. The van der Waals surface area contributed by atoms with Gasteiger partial charge in [-0.25, -0.2) is 0 Å². The predicted octanol–water partition coefficient (Wildman–Crippen LogP) is 1.71. The summed E-state index contributed by atoms with van der Waals surface area (Å²) < 4.78 is 5.66. The van der Waals surface area contributed by atoms with Gasteiger partial charge in [0.1, 0.15) is 6.04 Å². The Labute approximate surface area is 154 Å². The number of pyridine rings is 1. The first-order valence-electron chi connectivity index (χ1n) is 8.94. The molecule has 26 heavy (non-hydrogen) atoms. The predicted molar refractivity (Wildman–Crippen MR) is 98.1 cm³/mol. The van der Waals surface area contributed by atoms with E-state index in [0.717, 1.165) is 0 Å². The van der Waals surface area contributed by atoms with Crippen molar-refractivity contribution in [3.63, 3.8) is 0 Å². The Hall–Kier alpha value is -1.99. The molecule has 7 nitrogen and oxygen atoms in total. The number of carboxylic acids is 1. The van der Waals surface area contributed by atoms with Crippen molar-refractivity contribution in [2.75, 3.05) is 19.7 Å². The first-order chi connectivity index (χ1) is 12.1. The van der Waals surface area contributed by atoms with Gasteiger partial charge in [0.2, 0.25) is 0 Å². The van der Waals surface area contributed by atoms with E-state index in [0.29, 0.717) is 24.3 Å². The summed E-state index contributed by atoms with van der Waals surface area (Å²) in [7, 11) is 0. The number of nitrogens with zero attached hydrogens (tertiary/aromatic N) is 2. The maximum absolute atomic E-state index is 12.7. The smallest absolute Gasteiger partial charge is 0.323 e. The van der Waals surface area contributed by atoms with Crippen LogP contribution in [-0.4, -0.2) is 64.2 Å². The fraction of sp³-hybridized carbons (Fsp3) is 0.632. The Morgan fingerprint density at radius 2 is 2.15 bits per heavy atom. The number of hydrogen-bond donors (Lipinski definition) is 2. The van der Waals surface area contributed by atoms with Crippen molar-refractivity contribution >= 4 is 11.9 Å². The molecule has 144 valence electrons. The highest BCUT2D eigenvalue weighted by molar-refractivity contribution is 5.95. The second-order valence-electron chi connectivity index (χ2n) is 7.81. The number of rotatable bonds is 6. The molecule has 0 saturated carbocycles. The van der Waals surface area contributed by atoms with Gasteiger partial charge < -0.3 is 15.2 Å². The van der Waals surface area contributed by atoms with Crippen molar-refractivity contribution in [3.8, 4) is 0 Å². The molecule has 1 aromatic heterocycles. The van der Waals surface area contributed by atoms with Crippen LogP contribution < -0.4 is 5.32 Å². The van der Waals surface area contributed by atoms with Crippen molar-refractivity contribution in [3.05, 3.63) is 29.6 Å². The molecule has 0 aromatic carbocycles. The largest absolute Gasteiger partial charge is 0.480 e. The lowest BCUT2D eigenvalue weighted by atomic mass is 9.98. The van der Waals surface area contributed by atoms with Gasteiger partial charge in [-0.3, -0.25) is 19.5 Å². The van der Waals surface area contributed by atoms with Crippen molar-refractivity contribution in [2.24, 2.45) is 5.92 Å². The van der Waals surface area contributed by atoms with Gasteiger partial charge in [-0.05, 0) is 38.8 Å². The Morgan fingerprint density at radius 1 is 1.46 bits per heavy atom. The highest BCUT2D eigenvalue weighted by atomic mass is 16.5. The molecule has 2 heterocycles. The minimum atomic E-state index is -0.905. The quantitative estimate of drug-likeness (QED) is 0.799. The number of aryl methyl sites for hydroxylation is 1. The highest BCUT2D eigenvalue weighted by Crippen LogP contribution is 2.22. The molecule has 1 aliphatic rings. The first kappa shape index (κ1) is 20.3. The van der Waals surface area contributed by atoms with Gasteiger partial charge in [0.15, 0.2) is 0 Å². The second kappa shape index (κ2) is 8.14. The van der Waals surface area contributed by atoms with Gasteiger partial charge in [0, 0.05) is 31.0 Å². The van der Waals surface area contributed by atoms with E-state index in [9.17, 15) is 14.7 Å². The van der Waals surface area contributed by atoms with Crippen LogP contribution in [0.4, 0.5) is 0 Å². The highest BCUT2D eigenvalue weighted by Gasteiger charge is 2.39. The molecule has 1 saturated heterocycles. The summed E-state index contributed by atoms with van der Waals surface area (Å²) in [6.07, 6.45) is 1.65. The van der Waals surface area contributed by atoms with E-state index < -0.39 is 17.6 Å². The van der Waals surface area contributed by atoms with Crippen LogP contribution in [0.2, 0.25) is 0 Å². The molecule has 2 atom stereocenters. The summed E-state index contributed by atoms with van der Waals surface area (Å²) in [5.74, 6) is -0.942. The molecule has 0 bridgehead atoms. The maximum Gasteiger partial charge on any atom is 0.323 e. The summed E-state index contributed by atoms with van der Waals surface area (Å²) in [6, 6.07) is 2.59. The number of aromatic nitrogens is 1. The first-order valence-corrected chi connectivity index (χ1v) is 8.94. The third-order valence-electron chi connectivity index (χ3n) is 4.75. The summed E-state index contributed by atoms with van der Waals surface area (Å²) in [4.78, 5) is 30.3. The number of ether oxygens (including phenoxy) is 1. The van der Waals surface area contributed by atoms with Crippen LogP contribution in [0.25, 0.3) is 0 Å². The number of carboxylic acid groups (broad SMARTS) is 1. The van der Waals surface area contributed by atoms with Gasteiger partial charge in [0.25, 0.3) is 5.91 Å². The van der Waals surface area contributed by atoms with E-state index in [2.05, 4.69) is 10.3 Å². The monoisotopic (exact) mass is 363 g/mol. The molecular formula is C19H29N3O4. The topological polar surface area (TPSA) is 91.8 Å². The molecule has 7 heteroatoms. The van der Waals surface area contributed by atoms with Crippen molar-refractivity contribution in [2.45, 2.75) is 52.3 Å². The standard InChI is InChI=1S/C19H29N3O4/c1-12(2)15(21-17(23)14-7-6-8-20-13(14)3)9-22-11-19(4,5)26-10-16(22)18(24)25/h6-8,12,15-16H,9-11H2,1-5H3,(H,21,23)(H,24,25). The molecule has 0 radical (unpaired) electrons. The van der Waals surface area contributed by atoms with Gasteiger partial charge in [-0.15, -0.1) is 0 Å². The number of aliphatic carboxylic acids is 1. The van der Waals surface area contributed by atoms with Gasteiger partial charge in [-0.2, -0.15) is 0 Å². The minimum absolute atomic E-state index is 0.142. The number of nitrogens with one attached hydrogen (secondary N) is 1. The zero-order valence-electron chi connectivity index (χ0n) is 16.2. The molecule has 1 aromatic rings. The average molecular weight is 363 g/mol. The van der Waals surface area contributed by atoms with E-state index >= 15 is 0 Å². The van der Waals surface area contributed by atoms with Gasteiger partial charge >= 0.3 is 5.97 Å². The van der Waals surface area contributed by atoms with Crippen LogP contribution in [0, 0.1) is 12.8 Å². The van der Waals surface area contributed by atoms with E-state index in [1.54, 1.807) is 25.3 Å². The molecule has 1 amide bonds. The van der Waals surface area contributed by atoms with E-state index in [1.807, 2.05) is 32.6 Å². The van der Waals surface area contributed by atoms with Gasteiger partial charge in [0.05, 0.1) is 17.8 Å². The van der Waals surface area contributed by atoms with E-state index in [1.165, 1.54) is 0 Å². The lowest BCUT2D eigenvalue weighted by Gasteiger charge is -2.43. The SMILES string of the molecule is Cc1ncccc1C(=O)NC(CN1CC(C)(C)OCC1C(=O)O)C(C)C. The second-order valence-corrected chi connectivity index (χ2v) is 7.81. The average Bonchev–Trinajstić information content (AvgIpc) is 2.53. The normalized spacial score (nSPS) is 21.4. The molecule has 2 N–H and O–H groups in total. The maximum atomic E-state index is 12.7. The van der Waals surface area contributed by atoms with Gasteiger partial charge in [-0.1, -0.05) is 13.8 Å². The minimum Gasteiger partial charge on any atom is -0.480 e. The lowest BCUT2D eigenvalue weighted by Crippen LogP contribution is -2.60.